The van der Waals surface area contributed by atoms with E-state index >= 15 is 0 Å². The zero-order chi connectivity index (χ0) is 13.2. The van der Waals surface area contributed by atoms with Crippen molar-refractivity contribution >= 4 is 0 Å². The lowest BCUT2D eigenvalue weighted by Crippen LogP contribution is -1.95. The number of fused-ring (bicyclic) bond motifs is 1. The number of pyridine rings is 1. The van der Waals surface area contributed by atoms with Gasteiger partial charge in [0.05, 0.1) is 30.5 Å². The van der Waals surface area contributed by atoms with E-state index in [1.165, 1.54) is 5.56 Å². The molecule has 0 amide bonds. The molecule has 3 heteroatoms. The molecular formula is C16H14N2O. The first kappa shape index (κ1) is 11.7. The largest absolute Gasteiger partial charge is 0.497 e. The van der Waals surface area contributed by atoms with Crippen molar-refractivity contribution in [2.24, 2.45) is 0 Å². The average molecular weight is 250 g/mol. The molecule has 0 radical (unpaired) electrons. The molecule has 1 aliphatic rings. The van der Waals surface area contributed by atoms with Crippen LogP contribution in [0, 0.1) is 11.3 Å². The first-order valence-corrected chi connectivity index (χ1v) is 6.35. The summed E-state index contributed by atoms with van der Waals surface area (Å²) in [5, 5.41) is 9.14. The van der Waals surface area contributed by atoms with Crippen molar-refractivity contribution < 1.29 is 4.74 Å². The molecule has 0 spiro atoms. The fourth-order valence-electron chi connectivity index (χ4n) is 2.50. The third-order valence-electron chi connectivity index (χ3n) is 3.59. The molecule has 0 aliphatic heterocycles. The van der Waals surface area contributed by atoms with Crippen LogP contribution in [0.1, 0.15) is 23.6 Å². The molecule has 19 heavy (non-hydrogen) atoms. The molecular weight excluding hydrogens is 236 g/mol. The monoisotopic (exact) mass is 250 g/mol. The molecule has 1 aromatic heterocycles. The molecule has 3 nitrogen and oxygen atoms in total. The number of rotatable bonds is 2. The van der Waals surface area contributed by atoms with Crippen molar-refractivity contribution in [1.29, 1.82) is 5.26 Å². The Hall–Kier alpha value is -2.34. The summed E-state index contributed by atoms with van der Waals surface area (Å²) in [5.41, 5.74) is 4.13. The van der Waals surface area contributed by atoms with Gasteiger partial charge in [-0.2, -0.15) is 5.26 Å². The summed E-state index contributed by atoms with van der Waals surface area (Å²) >= 11 is 0. The van der Waals surface area contributed by atoms with E-state index in [1.807, 2.05) is 30.3 Å². The fraction of sp³-hybridized carbons (Fsp3) is 0.250. The lowest BCUT2D eigenvalue weighted by atomic mass is 10.1. The summed E-state index contributed by atoms with van der Waals surface area (Å²) in [6.07, 6.45) is 1.86. The molecule has 94 valence electrons. The van der Waals surface area contributed by atoms with Gasteiger partial charge in [0.1, 0.15) is 5.75 Å². The lowest BCUT2D eigenvalue weighted by molar-refractivity contribution is 0.415. The van der Waals surface area contributed by atoms with Gasteiger partial charge >= 0.3 is 0 Å². The Morgan fingerprint density at radius 3 is 2.68 bits per heavy atom. The summed E-state index contributed by atoms with van der Waals surface area (Å²) in [6.45, 7) is 0. The topological polar surface area (TPSA) is 45.9 Å². The molecule has 0 bridgehead atoms. The average Bonchev–Trinajstić information content (AvgIpc) is 2.89. The van der Waals surface area contributed by atoms with E-state index in [1.54, 1.807) is 7.11 Å². The number of nitrogens with zero attached hydrogens (tertiary/aromatic N) is 2. The van der Waals surface area contributed by atoms with Gasteiger partial charge in [-0.1, -0.05) is 6.07 Å². The van der Waals surface area contributed by atoms with Crippen molar-refractivity contribution in [3.8, 4) is 23.1 Å². The molecule has 1 aromatic carbocycles. The Labute approximate surface area is 112 Å². The van der Waals surface area contributed by atoms with Crippen LogP contribution in [0.5, 0.6) is 5.75 Å². The van der Waals surface area contributed by atoms with Crippen LogP contribution in [0.25, 0.3) is 11.3 Å². The molecule has 1 unspecified atom stereocenters. The van der Waals surface area contributed by atoms with E-state index in [4.69, 9.17) is 10.00 Å². The molecule has 3 rings (SSSR count). The van der Waals surface area contributed by atoms with Gasteiger partial charge in [-0.25, -0.2) is 0 Å². The smallest absolute Gasteiger partial charge is 0.118 e. The number of hydrogen-bond acceptors (Lipinski definition) is 3. The van der Waals surface area contributed by atoms with Crippen molar-refractivity contribution in [2.45, 2.75) is 18.8 Å². The van der Waals surface area contributed by atoms with E-state index in [2.05, 4.69) is 17.1 Å². The van der Waals surface area contributed by atoms with Gasteiger partial charge < -0.3 is 4.74 Å². The summed E-state index contributed by atoms with van der Waals surface area (Å²) in [7, 11) is 1.65. The minimum absolute atomic E-state index is 0.0480. The van der Waals surface area contributed by atoms with Gasteiger partial charge in [0.2, 0.25) is 0 Å². The quantitative estimate of drug-likeness (QED) is 0.821. The zero-order valence-electron chi connectivity index (χ0n) is 10.8. The first-order valence-electron chi connectivity index (χ1n) is 6.35. The second-order valence-electron chi connectivity index (χ2n) is 4.69. The van der Waals surface area contributed by atoms with Crippen molar-refractivity contribution in [2.75, 3.05) is 7.11 Å². The number of aromatic nitrogens is 1. The number of hydrogen-bond donors (Lipinski definition) is 0. The molecule has 0 saturated carbocycles. The van der Waals surface area contributed by atoms with Gasteiger partial charge in [-0.05, 0) is 48.7 Å². The van der Waals surface area contributed by atoms with Gasteiger partial charge in [0.25, 0.3) is 0 Å². The van der Waals surface area contributed by atoms with Crippen LogP contribution >= 0.6 is 0 Å². The Morgan fingerprint density at radius 2 is 2.00 bits per heavy atom. The van der Waals surface area contributed by atoms with Crippen LogP contribution in [0.2, 0.25) is 0 Å². The van der Waals surface area contributed by atoms with E-state index in [9.17, 15) is 0 Å². The molecule has 1 atom stereocenters. The Kier molecular flexibility index (Phi) is 2.92. The molecule has 1 heterocycles. The highest BCUT2D eigenvalue weighted by Gasteiger charge is 2.24. The number of methoxy groups -OCH3 is 1. The summed E-state index contributed by atoms with van der Waals surface area (Å²) in [5.74, 6) is 0.785. The molecule has 2 aromatic rings. The van der Waals surface area contributed by atoms with Crippen molar-refractivity contribution in [1.82, 2.24) is 4.98 Å². The number of ether oxygens (including phenoxy) is 1. The van der Waals surface area contributed by atoms with Crippen LogP contribution in [0.3, 0.4) is 0 Å². The third-order valence-corrected chi connectivity index (χ3v) is 3.59. The molecule has 0 saturated heterocycles. The molecule has 1 aliphatic carbocycles. The lowest BCUT2D eigenvalue weighted by Gasteiger charge is -2.07. The number of nitriles is 1. The predicted octanol–water partition coefficient (Wildman–Crippen LogP) is 3.31. The Balaban J connectivity index is 2.00. The normalized spacial score (nSPS) is 16.7. The third kappa shape index (κ3) is 2.06. The Morgan fingerprint density at radius 1 is 1.21 bits per heavy atom. The standard InChI is InChI=1S/C16H14N2O/c1-19-14-7-4-11(5-8-14)15-9-6-12-2-3-13(10-17)16(12)18-15/h4-9,13H,2-3H2,1H3. The summed E-state index contributed by atoms with van der Waals surface area (Å²) < 4.78 is 5.15. The van der Waals surface area contributed by atoms with Crippen LogP contribution in [-0.2, 0) is 6.42 Å². The maximum absolute atomic E-state index is 9.14. The van der Waals surface area contributed by atoms with Gasteiger partial charge in [-0.15, -0.1) is 0 Å². The predicted molar refractivity (Wildman–Crippen MR) is 72.9 cm³/mol. The molecule has 0 fully saturated rings. The summed E-state index contributed by atoms with van der Waals surface area (Å²) in [6, 6.07) is 14.3. The van der Waals surface area contributed by atoms with Crippen LogP contribution < -0.4 is 4.74 Å². The van der Waals surface area contributed by atoms with Crippen molar-refractivity contribution in [3.63, 3.8) is 0 Å². The Bertz CT molecular complexity index is 641. The van der Waals surface area contributed by atoms with E-state index in [-0.39, 0.29) is 5.92 Å². The minimum Gasteiger partial charge on any atom is -0.497 e. The van der Waals surface area contributed by atoms with E-state index in [0.29, 0.717) is 0 Å². The number of benzene rings is 1. The maximum Gasteiger partial charge on any atom is 0.118 e. The SMILES string of the molecule is COc1ccc(-c2ccc3c(n2)C(C#N)CC3)cc1. The maximum atomic E-state index is 9.14. The van der Waals surface area contributed by atoms with Gasteiger partial charge in [-0.3, -0.25) is 4.98 Å². The minimum atomic E-state index is -0.0480. The highest BCUT2D eigenvalue weighted by molar-refractivity contribution is 5.61. The van der Waals surface area contributed by atoms with Crippen LogP contribution in [-0.4, -0.2) is 12.1 Å². The van der Waals surface area contributed by atoms with E-state index in [0.717, 1.165) is 35.5 Å². The summed E-state index contributed by atoms with van der Waals surface area (Å²) in [4.78, 5) is 4.67. The first-order chi connectivity index (χ1) is 9.31. The van der Waals surface area contributed by atoms with Gasteiger partial charge in [0.15, 0.2) is 0 Å². The highest BCUT2D eigenvalue weighted by Crippen LogP contribution is 2.33. The van der Waals surface area contributed by atoms with E-state index < -0.39 is 0 Å². The number of aryl methyl sites for hydroxylation is 1. The second kappa shape index (κ2) is 4.74. The second-order valence-corrected chi connectivity index (χ2v) is 4.69. The van der Waals surface area contributed by atoms with Gasteiger partial charge in [0, 0.05) is 5.56 Å². The fourth-order valence-corrected chi connectivity index (χ4v) is 2.50. The molecule has 0 N–H and O–H groups in total. The van der Waals surface area contributed by atoms with Crippen molar-refractivity contribution in [3.05, 3.63) is 47.7 Å². The van der Waals surface area contributed by atoms with Crippen LogP contribution in [0.4, 0.5) is 0 Å². The highest BCUT2D eigenvalue weighted by atomic mass is 16.5. The van der Waals surface area contributed by atoms with Crippen LogP contribution in [0.15, 0.2) is 36.4 Å². The zero-order valence-corrected chi connectivity index (χ0v) is 10.8.